The zero-order valence-electron chi connectivity index (χ0n) is 16.6. The Labute approximate surface area is 182 Å². The van der Waals surface area contributed by atoms with Gasteiger partial charge in [-0.2, -0.15) is 0 Å². The van der Waals surface area contributed by atoms with Crippen molar-refractivity contribution >= 4 is 34.7 Å². The second kappa shape index (κ2) is 7.15. The second-order valence-electron chi connectivity index (χ2n) is 8.97. The molecule has 0 N–H and O–H groups in total. The van der Waals surface area contributed by atoms with Gasteiger partial charge < -0.3 is 4.90 Å². The third-order valence-electron chi connectivity index (χ3n) is 6.55. The summed E-state index contributed by atoms with van der Waals surface area (Å²) in [5.41, 5.74) is 2.58. The predicted octanol–water partition coefficient (Wildman–Crippen LogP) is 4.23. The number of fused-ring (bicyclic) bond motifs is 2. The second-order valence-corrected chi connectivity index (χ2v) is 10.5. The average Bonchev–Trinajstić information content (AvgIpc) is 2.69. The molecule has 0 aromatic heterocycles. The van der Waals surface area contributed by atoms with E-state index >= 15 is 0 Å². The van der Waals surface area contributed by atoms with E-state index in [1.54, 1.807) is 0 Å². The number of nitrogens with zero attached hydrogens (tertiary/aromatic N) is 5. The highest BCUT2D eigenvalue weighted by Gasteiger charge is 2.47. The largest absolute Gasteiger partial charge is 0.340 e. The molecule has 4 bridgehead atoms. The average molecular weight is 429 g/mol. The van der Waals surface area contributed by atoms with Gasteiger partial charge in [-0.15, -0.1) is 0 Å². The van der Waals surface area contributed by atoms with E-state index in [1.807, 2.05) is 17.8 Å². The number of hydrogen-bond donors (Lipinski definition) is 0. The zero-order valence-corrected chi connectivity index (χ0v) is 18.2. The molecule has 0 saturated carbocycles. The van der Waals surface area contributed by atoms with Gasteiger partial charge in [-0.05, 0) is 43.2 Å². The maximum Gasteiger partial charge on any atom is 0.139 e. The molecule has 5 nitrogen and oxygen atoms in total. The lowest BCUT2D eigenvalue weighted by Gasteiger charge is -2.60. The maximum atomic E-state index is 6.35. The summed E-state index contributed by atoms with van der Waals surface area (Å²) in [5.74, 6) is 0. The van der Waals surface area contributed by atoms with Gasteiger partial charge in [0.25, 0.3) is 0 Å². The van der Waals surface area contributed by atoms with Crippen LogP contribution in [0.1, 0.15) is 12.8 Å². The minimum absolute atomic E-state index is 0.816. The molecule has 29 heavy (non-hydrogen) atoms. The first-order valence-corrected chi connectivity index (χ1v) is 11.7. The van der Waals surface area contributed by atoms with Crippen LogP contribution in [0.3, 0.4) is 0 Å². The van der Waals surface area contributed by atoms with Gasteiger partial charge in [-0.3, -0.25) is 4.48 Å². The third-order valence-corrected chi connectivity index (χ3v) is 7.92. The third kappa shape index (κ3) is 3.36. The van der Waals surface area contributed by atoms with E-state index in [0.29, 0.717) is 0 Å². The van der Waals surface area contributed by atoms with Crippen LogP contribution in [0.25, 0.3) is 0 Å². The van der Waals surface area contributed by atoms with Crippen LogP contribution < -0.4 is 4.90 Å². The fourth-order valence-corrected chi connectivity index (χ4v) is 6.87. The lowest BCUT2D eigenvalue weighted by Crippen LogP contribution is -2.79. The minimum atomic E-state index is 0.816. The van der Waals surface area contributed by atoms with Crippen LogP contribution in [0.2, 0.25) is 5.02 Å². The van der Waals surface area contributed by atoms with E-state index in [-0.39, 0.29) is 0 Å². The monoisotopic (exact) mass is 428 g/mol. The molecule has 0 unspecified atom stereocenters. The molecule has 5 aliphatic rings. The Morgan fingerprint density at radius 1 is 0.828 bits per heavy atom. The van der Waals surface area contributed by atoms with E-state index in [4.69, 9.17) is 11.6 Å². The Kier molecular flexibility index (Phi) is 4.56. The normalized spacial score (nSPS) is 31.6. The molecule has 2 aromatic carbocycles. The topological polar surface area (TPSA) is 13.0 Å². The highest BCUT2D eigenvalue weighted by Crippen LogP contribution is 2.48. The smallest absolute Gasteiger partial charge is 0.139 e. The summed E-state index contributed by atoms with van der Waals surface area (Å²) in [6.07, 6.45) is 2.46. The summed E-state index contributed by atoms with van der Waals surface area (Å²) < 4.78 is 1.23. The molecule has 7 heteroatoms. The van der Waals surface area contributed by atoms with Crippen molar-refractivity contribution in [2.75, 3.05) is 58.0 Å². The lowest BCUT2D eigenvalue weighted by molar-refractivity contribution is -0.980. The number of halogens is 1. The van der Waals surface area contributed by atoms with Crippen molar-refractivity contribution in [3.63, 3.8) is 0 Å². The van der Waals surface area contributed by atoms with Crippen molar-refractivity contribution in [3.05, 3.63) is 47.5 Å². The van der Waals surface area contributed by atoms with Crippen LogP contribution in [-0.4, -0.2) is 72.3 Å². The first kappa shape index (κ1) is 18.5. The maximum absolute atomic E-state index is 6.35. The van der Waals surface area contributed by atoms with Crippen molar-refractivity contribution in [1.29, 1.82) is 0 Å². The van der Waals surface area contributed by atoms with Gasteiger partial charge in [0.1, 0.15) is 20.0 Å². The Morgan fingerprint density at radius 3 is 2.28 bits per heavy atom. The highest BCUT2D eigenvalue weighted by molar-refractivity contribution is 7.99. The lowest BCUT2D eigenvalue weighted by atomic mass is 10.1. The Bertz CT molecular complexity index is 900. The van der Waals surface area contributed by atoms with Gasteiger partial charge in [0.15, 0.2) is 0 Å². The van der Waals surface area contributed by atoms with Crippen LogP contribution in [-0.2, 0) is 0 Å². The number of para-hydroxylation sites is 1. The molecule has 0 aliphatic carbocycles. The number of benzene rings is 2. The van der Waals surface area contributed by atoms with E-state index < -0.39 is 0 Å². The molecule has 0 spiro atoms. The fraction of sp³-hybridized carbons (Fsp3) is 0.455. The van der Waals surface area contributed by atoms with E-state index in [2.05, 4.69) is 56.0 Å². The molecule has 0 amide bonds. The molecule has 4 fully saturated rings. The molecule has 5 heterocycles. The Hall–Kier alpha value is -1.28. The van der Waals surface area contributed by atoms with Crippen molar-refractivity contribution in [2.24, 2.45) is 0 Å². The highest BCUT2D eigenvalue weighted by atomic mass is 35.5. The van der Waals surface area contributed by atoms with E-state index in [0.717, 1.165) is 31.6 Å². The summed E-state index contributed by atoms with van der Waals surface area (Å²) in [6.45, 7) is 9.50. The summed E-state index contributed by atoms with van der Waals surface area (Å²) in [5, 5.41) is 0.816. The molecule has 0 radical (unpaired) electrons. The van der Waals surface area contributed by atoms with E-state index in [1.165, 1.54) is 65.0 Å². The fourth-order valence-electron chi connectivity index (χ4n) is 5.63. The number of unbranched alkanes of at least 4 members (excludes halogenated alkanes) is 1. The zero-order chi connectivity index (χ0) is 19.4. The van der Waals surface area contributed by atoms with Crippen LogP contribution in [0.4, 0.5) is 11.4 Å². The summed E-state index contributed by atoms with van der Waals surface area (Å²) >= 11 is 8.21. The Morgan fingerprint density at radius 2 is 1.52 bits per heavy atom. The molecule has 7 rings (SSSR count). The summed E-state index contributed by atoms with van der Waals surface area (Å²) in [7, 11) is 0. The predicted molar refractivity (Wildman–Crippen MR) is 118 cm³/mol. The minimum Gasteiger partial charge on any atom is -0.340 e. The SMILES string of the molecule is Clc1ccc2c(c1)N(CCCC[N+]13CN4CN(CN(C4)C1)C3)c1ccccc1S2. The molecule has 0 atom stereocenters. The standard InChI is InChI=1S/C22H27ClN5S/c23-18-7-8-22-20(11-18)27(19-5-1-2-6-21(19)29-22)9-3-4-10-28-15-24-12-25(16-28)14-26(13-24)17-28/h1-2,5-8,11H,3-4,9-10,12-17H2/q+1. The quantitative estimate of drug-likeness (QED) is 0.520. The molecular weight excluding hydrogens is 402 g/mol. The number of anilines is 2. The summed E-state index contributed by atoms with van der Waals surface area (Å²) in [4.78, 5) is 12.9. The Balaban J connectivity index is 1.16. The van der Waals surface area contributed by atoms with Gasteiger partial charge in [0, 0.05) is 21.4 Å². The first-order valence-electron chi connectivity index (χ1n) is 10.5. The van der Waals surface area contributed by atoms with Crippen molar-refractivity contribution in [1.82, 2.24) is 14.7 Å². The van der Waals surface area contributed by atoms with Gasteiger partial charge in [-0.1, -0.05) is 35.5 Å². The number of hydrogen-bond acceptors (Lipinski definition) is 5. The molecule has 5 aliphatic heterocycles. The molecule has 152 valence electrons. The van der Waals surface area contributed by atoms with Crippen LogP contribution >= 0.6 is 23.4 Å². The number of rotatable bonds is 5. The van der Waals surface area contributed by atoms with Crippen molar-refractivity contribution in [2.45, 2.75) is 22.6 Å². The molecule has 4 saturated heterocycles. The van der Waals surface area contributed by atoms with E-state index in [9.17, 15) is 0 Å². The van der Waals surface area contributed by atoms with Gasteiger partial charge >= 0.3 is 0 Å². The molecule has 2 aromatic rings. The van der Waals surface area contributed by atoms with Crippen molar-refractivity contribution < 1.29 is 4.48 Å². The van der Waals surface area contributed by atoms with Crippen molar-refractivity contribution in [3.8, 4) is 0 Å². The van der Waals surface area contributed by atoms with Crippen LogP contribution in [0.5, 0.6) is 0 Å². The molecular formula is C22H27ClN5S+. The summed E-state index contributed by atoms with van der Waals surface area (Å²) in [6, 6.07) is 15.0. The van der Waals surface area contributed by atoms with Gasteiger partial charge in [-0.25, -0.2) is 14.7 Å². The van der Waals surface area contributed by atoms with Gasteiger partial charge in [0.2, 0.25) is 0 Å². The van der Waals surface area contributed by atoms with Crippen LogP contribution in [0.15, 0.2) is 52.3 Å². The van der Waals surface area contributed by atoms with Crippen LogP contribution in [0, 0.1) is 0 Å². The number of quaternary nitrogens is 1. The first-order chi connectivity index (χ1) is 14.2. The van der Waals surface area contributed by atoms with Gasteiger partial charge in [0.05, 0.1) is 37.9 Å².